The lowest BCUT2D eigenvalue weighted by Crippen LogP contribution is -3.00. The summed E-state index contributed by atoms with van der Waals surface area (Å²) in [5, 5.41) is 21.8. The third-order valence-electron chi connectivity index (χ3n) is 15.0. The van der Waals surface area contributed by atoms with E-state index >= 15 is 0 Å². The maximum atomic E-state index is 14.9. The minimum atomic E-state index is -5.19. The van der Waals surface area contributed by atoms with Gasteiger partial charge in [0, 0.05) is 126 Å². The van der Waals surface area contributed by atoms with Crippen molar-refractivity contribution in [1.29, 1.82) is 0 Å². The first-order chi connectivity index (χ1) is 41.0. The van der Waals surface area contributed by atoms with E-state index in [9.17, 15) is 31.5 Å². The monoisotopic (exact) mass is 1330 g/mol. The molecular weight excluding hydrogens is 1240 g/mol. The first kappa shape index (κ1) is 72.5. The van der Waals surface area contributed by atoms with Gasteiger partial charge in [0.15, 0.2) is 0 Å². The largest absolute Gasteiger partial charge is 1.00 e. The van der Waals surface area contributed by atoms with E-state index in [4.69, 9.17) is 9.90 Å². The lowest BCUT2D eigenvalue weighted by Gasteiger charge is -2.31. The summed E-state index contributed by atoms with van der Waals surface area (Å²) in [7, 11) is 17.4. The van der Waals surface area contributed by atoms with Crippen LogP contribution in [0.2, 0.25) is 0 Å². The van der Waals surface area contributed by atoms with Gasteiger partial charge in [0.05, 0.1) is 55.4 Å². The molecule has 2 fully saturated rings. The number of amides is 2. The molecule has 4 N–H and O–H groups in total. The van der Waals surface area contributed by atoms with Gasteiger partial charge in [0.2, 0.25) is 0 Å². The molecule has 14 nitrogen and oxygen atoms in total. The van der Waals surface area contributed by atoms with Crippen molar-refractivity contribution in [2.24, 2.45) is 0 Å². The first-order valence-corrected chi connectivity index (χ1v) is 29.7. The number of rotatable bonds is 22. The highest BCUT2D eigenvalue weighted by Crippen LogP contribution is 2.28. The van der Waals surface area contributed by atoms with Crippen molar-refractivity contribution in [3.8, 4) is 22.3 Å². The van der Waals surface area contributed by atoms with Gasteiger partial charge >= 0.3 is 6.18 Å². The Morgan fingerprint density at radius 1 is 0.557 bits per heavy atom. The zero-order valence-corrected chi connectivity index (χ0v) is 54.9. The zero-order chi connectivity index (χ0) is 63.5. The highest BCUT2D eigenvalue weighted by molar-refractivity contribution is 5.95. The Kier molecular flexibility index (Phi) is 28.1. The second-order valence-corrected chi connectivity index (χ2v) is 25.3. The Labute approximate surface area is 535 Å². The molecule has 2 saturated heterocycles. The van der Waals surface area contributed by atoms with Gasteiger partial charge in [-0.2, -0.15) is 13.2 Å². The topological polar surface area (TPSA) is 135 Å². The Morgan fingerprint density at radius 3 is 1.27 bits per heavy atom. The van der Waals surface area contributed by atoms with E-state index in [1.54, 1.807) is 12.1 Å². The minimum absolute atomic E-state index is 0. The average molecular weight is 1330 g/mol. The molecule has 2 amide bonds. The van der Waals surface area contributed by atoms with Crippen LogP contribution in [0.25, 0.3) is 22.3 Å². The lowest BCUT2D eigenvalue weighted by molar-refractivity contribution is -0.869. The molecule has 0 spiro atoms. The minimum Gasteiger partial charge on any atom is -1.00 e. The van der Waals surface area contributed by atoms with Crippen molar-refractivity contribution in [3.63, 3.8) is 0 Å². The number of nitrogens with zero attached hydrogens (tertiary/aromatic N) is 6. The van der Waals surface area contributed by atoms with Crippen LogP contribution in [0.15, 0.2) is 133 Å². The van der Waals surface area contributed by atoms with Gasteiger partial charge in [-0.3, -0.25) is 29.2 Å². The Balaban J connectivity index is 0.000000286. The average Bonchev–Trinajstić information content (AvgIpc) is 3.65. The molecule has 0 saturated carbocycles. The van der Waals surface area contributed by atoms with Crippen molar-refractivity contribution in [2.45, 2.75) is 71.4 Å². The molecule has 20 heteroatoms. The first-order valence-electron chi connectivity index (χ1n) is 29.7. The van der Waals surface area contributed by atoms with E-state index in [2.05, 4.69) is 147 Å². The number of carbonyl (C=O) groups excluding carboxylic acids is 3. The maximum Gasteiger partial charge on any atom is 0.430 e. The Morgan fingerprint density at radius 2 is 0.920 bits per heavy atom. The quantitative estimate of drug-likeness (QED) is 0.0418. The summed E-state index contributed by atoms with van der Waals surface area (Å²) in [5.74, 6) is -3.79. The van der Waals surface area contributed by atoms with Crippen molar-refractivity contribution >= 4 is 17.8 Å². The van der Waals surface area contributed by atoms with Crippen LogP contribution in [0.4, 0.5) is 22.0 Å². The van der Waals surface area contributed by atoms with Crippen LogP contribution in [0.5, 0.6) is 0 Å². The third kappa shape index (κ3) is 25.3. The fourth-order valence-corrected chi connectivity index (χ4v) is 10.2. The number of likely N-dealkylation sites (N-methyl/N-ethyl adjacent to an activating group) is 4. The van der Waals surface area contributed by atoms with E-state index in [0.29, 0.717) is 47.4 Å². The summed E-state index contributed by atoms with van der Waals surface area (Å²) in [5.41, 5.74) is 10.4. The third-order valence-corrected chi connectivity index (χ3v) is 15.0. The van der Waals surface area contributed by atoms with Crippen LogP contribution in [0.3, 0.4) is 0 Å². The number of carbonyl (C=O) groups is 3. The van der Waals surface area contributed by atoms with Gasteiger partial charge in [-0.25, -0.2) is 8.78 Å². The Bertz CT molecular complexity index is 3010. The number of halogens is 6. The number of hydrogen-bond donors (Lipinski definition) is 4. The van der Waals surface area contributed by atoms with Gasteiger partial charge in [0.1, 0.15) is 17.6 Å². The van der Waals surface area contributed by atoms with Crippen LogP contribution in [-0.4, -0.2) is 186 Å². The maximum absolute atomic E-state index is 14.9. The van der Waals surface area contributed by atoms with Gasteiger partial charge in [-0.1, -0.05) is 72.8 Å². The van der Waals surface area contributed by atoms with Crippen LogP contribution in [0, 0.1) is 11.6 Å². The number of piperazine rings is 2. The molecule has 2 aliphatic rings. The summed E-state index contributed by atoms with van der Waals surface area (Å²) in [6.45, 7) is 18.4. The van der Waals surface area contributed by atoms with E-state index < -0.39 is 12.1 Å². The van der Waals surface area contributed by atoms with Crippen molar-refractivity contribution in [1.82, 2.24) is 40.9 Å². The van der Waals surface area contributed by atoms with Gasteiger partial charge in [-0.15, -0.1) is 0 Å². The van der Waals surface area contributed by atoms with Gasteiger partial charge < -0.3 is 64.1 Å². The predicted octanol–water partition coefficient (Wildman–Crippen LogP) is 5.01. The fraction of sp³-hybridized carbons (Fsp3) is 0.426. The van der Waals surface area contributed by atoms with Crippen LogP contribution >= 0.6 is 0 Å². The predicted molar refractivity (Wildman–Crippen MR) is 334 cm³/mol. The molecule has 6 aromatic carbocycles. The number of alkyl halides is 3. The highest BCUT2D eigenvalue weighted by atomic mass is 127. The SMILES string of the molecule is C[C@H]1CN(Cc2cccc(-c3cc(CNC(=O)c4cccc(CN(C)CC[N+](C)(C)C)c4)ccc3F)c2)CCN1.C[C@H]1CN(Cc2cccc(-c3cc(CNC(=O)c4cccc(CN(C)CC[N+](C)(C)C)c4)ccc3F)c2)CCN1.O=C([O-])C(F)(F)F.[I-]. The summed E-state index contributed by atoms with van der Waals surface area (Å²) in [6.07, 6.45) is -5.19. The summed E-state index contributed by atoms with van der Waals surface area (Å²) >= 11 is 0. The van der Waals surface area contributed by atoms with E-state index in [1.807, 2.05) is 72.8 Å². The number of carboxylic acid groups (broad SMARTS) is 1. The van der Waals surface area contributed by atoms with E-state index in [0.717, 1.165) is 134 Å². The molecule has 478 valence electrons. The number of benzene rings is 6. The second kappa shape index (κ2) is 34.1. The summed E-state index contributed by atoms with van der Waals surface area (Å²) in [6, 6.07) is 43.0. The highest BCUT2D eigenvalue weighted by Gasteiger charge is 2.29. The molecule has 88 heavy (non-hydrogen) atoms. The zero-order valence-electron chi connectivity index (χ0n) is 52.8. The Hall–Kier alpha value is -6.21. The molecule has 0 aromatic heterocycles. The standard InChI is InChI=1S/2C33H44FN5O.C2HF3O2.HI/c2*1-25-22-38(15-14-35-25)24-28-9-6-10-29(18-28)31-20-26(12-13-32(31)34)21-36-33(40)30-11-7-8-27(19-30)23-37(2)16-17-39(3,4)5;3-2(4,5)1(6)7;/h2*6-13,18-20,25,35H,14-17,21-24H2,1-5H3;(H,6,7);1H/t2*25-;;/m00../s1. The molecule has 0 bridgehead atoms. The number of quaternary nitrogens is 2. The second-order valence-electron chi connectivity index (χ2n) is 25.3. The summed E-state index contributed by atoms with van der Waals surface area (Å²) < 4.78 is 63.2. The lowest BCUT2D eigenvalue weighted by atomic mass is 10.00. The van der Waals surface area contributed by atoms with E-state index in [1.165, 1.54) is 23.3 Å². The molecule has 2 atom stereocenters. The number of aliphatic carboxylic acids is 1. The van der Waals surface area contributed by atoms with Crippen molar-refractivity contribution in [3.05, 3.63) is 190 Å². The van der Waals surface area contributed by atoms with Crippen LogP contribution in [-0.2, 0) is 44.1 Å². The van der Waals surface area contributed by atoms with E-state index in [-0.39, 0.29) is 47.4 Å². The molecule has 0 aliphatic carbocycles. The molecule has 0 radical (unpaired) electrons. The smallest absolute Gasteiger partial charge is 0.430 e. The molecular formula is C68H90F5IN10O4. The normalized spacial score (nSPS) is 15.7. The molecule has 6 aromatic rings. The van der Waals surface area contributed by atoms with Gasteiger partial charge in [-0.05, 0) is 133 Å². The number of hydrogen-bond acceptors (Lipinski definition) is 10. The van der Waals surface area contributed by atoms with Crippen molar-refractivity contribution < 1.29 is 74.4 Å². The molecule has 8 rings (SSSR count). The molecule has 2 aliphatic heterocycles. The van der Waals surface area contributed by atoms with Crippen molar-refractivity contribution in [2.75, 3.05) is 122 Å². The molecule has 2 heterocycles. The van der Waals surface area contributed by atoms with Crippen LogP contribution < -0.4 is 50.4 Å². The van der Waals surface area contributed by atoms with Gasteiger partial charge in [0.25, 0.3) is 11.8 Å². The summed E-state index contributed by atoms with van der Waals surface area (Å²) in [4.78, 5) is 44.2. The number of carboxylic acids is 1. The fourth-order valence-electron chi connectivity index (χ4n) is 10.2. The molecule has 0 unspecified atom stereocenters. The van der Waals surface area contributed by atoms with Crippen LogP contribution in [0.1, 0.15) is 67.9 Å². The number of nitrogens with one attached hydrogen (secondary N) is 4.